The maximum absolute atomic E-state index is 12.8. The average Bonchev–Trinajstić information content (AvgIpc) is 3.54. The van der Waals surface area contributed by atoms with Crippen molar-refractivity contribution in [3.8, 4) is 0 Å². The molecule has 0 aromatic heterocycles. The lowest BCUT2D eigenvalue weighted by molar-refractivity contribution is -0.142. The van der Waals surface area contributed by atoms with E-state index in [2.05, 4.69) is 5.32 Å². The molecule has 1 heterocycles. The highest BCUT2D eigenvalue weighted by molar-refractivity contribution is 6.22. The number of hydrogen-bond acceptors (Lipinski definition) is 5. The van der Waals surface area contributed by atoms with Crippen molar-refractivity contribution in [3.05, 3.63) is 70.8 Å². The number of ether oxygens (including phenoxy) is 1. The Morgan fingerprint density at radius 1 is 1.07 bits per heavy atom. The summed E-state index contributed by atoms with van der Waals surface area (Å²) in [5, 5.41) is 2.67. The Hall–Kier alpha value is -3.48. The van der Waals surface area contributed by atoms with E-state index in [1.165, 1.54) is 30.2 Å². The van der Waals surface area contributed by atoms with Gasteiger partial charge in [0.15, 0.2) is 0 Å². The molecule has 1 atom stereocenters. The largest absolute Gasteiger partial charge is 0.467 e. The van der Waals surface area contributed by atoms with Gasteiger partial charge in [-0.15, -0.1) is 0 Å². The Labute approximate surface area is 167 Å². The van der Waals surface area contributed by atoms with Crippen LogP contribution in [0.25, 0.3) is 0 Å². The number of hydrogen-bond donors (Lipinski definition) is 1. The number of rotatable bonds is 6. The normalized spacial score (nSPS) is 16.4. The van der Waals surface area contributed by atoms with E-state index in [0.717, 1.165) is 18.4 Å². The van der Waals surface area contributed by atoms with Gasteiger partial charge in [-0.05, 0) is 36.6 Å². The maximum atomic E-state index is 12.8. The van der Waals surface area contributed by atoms with Crippen LogP contribution in [-0.2, 0) is 16.0 Å². The molecule has 7 heteroatoms. The van der Waals surface area contributed by atoms with Crippen LogP contribution in [0.2, 0.25) is 0 Å². The molecule has 1 aliphatic carbocycles. The Balaban J connectivity index is 1.54. The lowest BCUT2D eigenvalue weighted by atomic mass is 10.0. The van der Waals surface area contributed by atoms with Crippen LogP contribution >= 0.6 is 0 Å². The number of benzene rings is 2. The van der Waals surface area contributed by atoms with Crippen LogP contribution < -0.4 is 5.32 Å². The predicted octanol–water partition coefficient (Wildman–Crippen LogP) is 1.96. The molecule has 4 rings (SSSR count). The van der Waals surface area contributed by atoms with Crippen LogP contribution in [0.3, 0.4) is 0 Å². The molecule has 1 saturated carbocycles. The van der Waals surface area contributed by atoms with Crippen molar-refractivity contribution in [1.29, 1.82) is 0 Å². The predicted molar refractivity (Wildman–Crippen MR) is 103 cm³/mol. The second-order valence-electron chi connectivity index (χ2n) is 7.21. The van der Waals surface area contributed by atoms with Gasteiger partial charge in [0.25, 0.3) is 17.7 Å². The molecule has 1 N–H and O–H groups in total. The van der Waals surface area contributed by atoms with Crippen molar-refractivity contribution in [2.45, 2.75) is 31.3 Å². The molecule has 2 aliphatic rings. The first-order valence-corrected chi connectivity index (χ1v) is 9.44. The van der Waals surface area contributed by atoms with E-state index in [9.17, 15) is 19.2 Å². The van der Waals surface area contributed by atoms with E-state index in [1.807, 2.05) is 30.3 Å². The first-order chi connectivity index (χ1) is 14.0. The van der Waals surface area contributed by atoms with Crippen molar-refractivity contribution in [1.82, 2.24) is 10.2 Å². The second-order valence-corrected chi connectivity index (χ2v) is 7.21. The van der Waals surface area contributed by atoms with Gasteiger partial charge in [-0.2, -0.15) is 0 Å². The van der Waals surface area contributed by atoms with Crippen LogP contribution in [0.1, 0.15) is 49.5 Å². The topological polar surface area (TPSA) is 92.8 Å². The van der Waals surface area contributed by atoms with Crippen LogP contribution in [-0.4, -0.2) is 47.8 Å². The molecule has 2 aromatic rings. The number of amides is 3. The number of nitrogens with zero attached hydrogens (tertiary/aromatic N) is 1. The van der Waals surface area contributed by atoms with E-state index in [-0.39, 0.29) is 35.4 Å². The molecule has 2 aromatic carbocycles. The average molecular weight is 392 g/mol. The minimum atomic E-state index is -0.872. The number of carbonyl (C=O) groups is 4. The summed E-state index contributed by atoms with van der Waals surface area (Å²) >= 11 is 0. The Morgan fingerprint density at radius 2 is 1.76 bits per heavy atom. The molecule has 0 bridgehead atoms. The quantitative estimate of drug-likeness (QED) is 0.599. The third kappa shape index (κ3) is 3.63. The fraction of sp³-hybridized carbons (Fsp3) is 0.273. The monoisotopic (exact) mass is 392 g/mol. The number of nitrogens with one attached hydrogen (secondary N) is 1. The maximum Gasteiger partial charge on any atom is 0.328 e. The van der Waals surface area contributed by atoms with Crippen LogP contribution in [0.15, 0.2) is 48.5 Å². The van der Waals surface area contributed by atoms with Gasteiger partial charge in [-0.1, -0.05) is 30.3 Å². The minimum absolute atomic E-state index is 0.0331. The van der Waals surface area contributed by atoms with E-state index in [4.69, 9.17) is 4.74 Å². The van der Waals surface area contributed by atoms with Crippen molar-refractivity contribution in [3.63, 3.8) is 0 Å². The molecule has 148 valence electrons. The summed E-state index contributed by atoms with van der Waals surface area (Å²) in [7, 11) is 1.26. The van der Waals surface area contributed by atoms with Gasteiger partial charge < -0.3 is 10.1 Å². The Morgan fingerprint density at radius 3 is 2.41 bits per heavy atom. The van der Waals surface area contributed by atoms with Crippen LogP contribution in [0, 0.1) is 0 Å². The van der Waals surface area contributed by atoms with Crippen LogP contribution in [0.5, 0.6) is 0 Å². The van der Waals surface area contributed by atoms with Gasteiger partial charge in [0.1, 0.15) is 6.04 Å². The molecule has 0 unspecified atom stereocenters. The van der Waals surface area contributed by atoms with Gasteiger partial charge in [-0.25, -0.2) is 4.79 Å². The van der Waals surface area contributed by atoms with Gasteiger partial charge in [-0.3, -0.25) is 19.3 Å². The van der Waals surface area contributed by atoms with E-state index in [1.54, 1.807) is 0 Å². The Kier molecular flexibility index (Phi) is 4.88. The molecular formula is C22H20N2O5. The molecular weight excluding hydrogens is 372 g/mol. The smallest absolute Gasteiger partial charge is 0.328 e. The number of imide groups is 1. The first-order valence-electron chi connectivity index (χ1n) is 9.44. The fourth-order valence-corrected chi connectivity index (χ4v) is 3.49. The summed E-state index contributed by atoms with van der Waals surface area (Å²) in [6, 6.07) is 12.8. The fourth-order valence-electron chi connectivity index (χ4n) is 3.49. The zero-order chi connectivity index (χ0) is 20.5. The van der Waals surface area contributed by atoms with E-state index >= 15 is 0 Å². The van der Waals surface area contributed by atoms with Crippen molar-refractivity contribution in [2.24, 2.45) is 0 Å². The highest BCUT2D eigenvalue weighted by Gasteiger charge is 2.44. The number of fused-ring (bicyclic) bond motifs is 1. The van der Waals surface area contributed by atoms with Gasteiger partial charge in [0.2, 0.25) is 0 Å². The molecule has 3 amide bonds. The summed E-state index contributed by atoms with van der Waals surface area (Å²) in [5.74, 6) is -1.74. The van der Waals surface area contributed by atoms with Gasteiger partial charge in [0.05, 0.1) is 18.2 Å². The third-order valence-electron chi connectivity index (χ3n) is 5.17. The summed E-state index contributed by atoms with van der Waals surface area (Å²) in [5.41, 5.74) is 1.63. The molecule has 29 heavy (non-hydrogen) atoms. The summed E-state index contributed by atoms with van der Waals surface area (Å²) < 4.78 is 4.81. The SMILES string of the molecule is COC(=O)[C@H](Cc1ccccc1)NC(=O)c1ccc2c(c1)C(=O)N(C1CC1)C2=O. The lowest BCUT2D eigenvalue weighted by Crippen LogP contribution is -2.43. The highest BCUT2D eigenvalue weighted by atomic mass is 16.5. The Bertz CT molecular complexity index is 998. The minimum Gasteiger partial charge on any atom is -0.467 e. The van der Waals surface area contributed by atoms with E-state index < -0.39 is 17.9 Å². The first kappa shape index (κ1) is 18.9. The number of esters is 1. The van der Waals surface area contributed by atoms with Crippen molar-refractivity contribution in [2.75, 3.05) is 7.11 Å². The van der Waals surface area contributed by atoms with E-state index in [0.29, 0.717) is 5.56 Å². The molecule has 0 saturated heterocycles. The van der Waals surface area contributed by atoms with Crippen molar-refractivity contribution < 1.29 is 23.9 Å². The van der Waals surface area contributed by atoms with Gasteiger partial charge in [0, 0.05) is 18.0 Å². The zero-order valence-electron chi connectivity index (χ0n) is 15.9. The molecule has 1 fully saturated rings. The molecule has 0 spiro atoms. The van der Waals surface area contributed by atoms with Crippen molar-refractivity contribution >= 4 is 23.7 Å². The second kappa shape index (κ2) is 7.50. The summed E-state index contributed by atoms with van der Waals surface area (Å²) in [6.07, 6.45) is 1.91. The summed E-state index contributed by atoms with van der Waals surface area (Å²) in [6.45, 7) is 0. The molecule has 7 nitrogen and oxygen atoms in total. The lowest BCUT2D eigenvalue weighted by Gasteiger charge is -2.17. The third-order valence-corrected chi connectivity index (χ3v) is 5.17. The summed E-state index contributed by atoms with van der Waals surface area (Å²) in [4.78, 5) is 51.2. The van der Waals surface area contributed by atoms with Crippen LogP contribution in [0.4, 0.5) is 0 Å². The number of carbonyl (C=O) groups excluding carboxylic acids is 4. The molecule has 0 radical (unpaired) electrons. The standard InChI is InChI=1S/C22H20N2O5/c1-29-22(28)18(11-13-5-3-2-4-6-13)23-19(25)14-7-10-16-17(12-14)21(27)24(20(16)26)15-8-9-15/h2-7,10,12,15,18H,8-9,11H2,1H3,(H,23,25)/t18-/m0/s1. The number of methoxy groups -OCH3 is 1. The highest BCUT2D eigenvalue weighted by Crippen LogP contribution is 2.34. The van der Waals surface area contributed by atoms with Gasteiger partial charge >= 0.3 is 5.97 Å². The zero-order valence-corrected chi connectivity index (χ0v) is 15.9. The molecule has 1 aliphatic heterocycles.